The summed E-state index contributed by atoms with van der Waals surface area (Å²) < 4.78 is 0. The Morgan fingerprint density at radius 2 is 1.75 bits per heavy atom. The molecule has 0 aliphatic carbocycles. The van der Waals surface area contributed by atoms with Crippen LogP contribution < -0.4 is 5.73 Å². The fraction of sp³-hybridized carbons (Fsp3) is 0.455. The quantitative estimate of drug-likeness (QED) is 0.633. The Hall–Kier alpha value is -0.980. The van der Waals surface area contributed by atoms with E-state index in [2.05, 4.69) is 33.8 Å². The minimum atomic E-state index is 0.956. The highest BCUT2D eigenvalue weighted by molar-refractivity contribution is 5.58. The van der Waals surface area contributed by atoms with E-state index in [0.29, 0.717) is 0 Å². The lowest BCUT2D eigenvalue weighted by Gasteiger charge is -2.12. The van der Waals surface area contributed by atoms with Gasteiger partial charge in [0.15, 0.2) is 0 Å². The summed E-state index contributed by atoms with van der Waals surface area (Å²) in [4.78, 5) is 0. The van der Waals surface area contributed by atoms with Crippen LogP contribution in [0.2, 0.25) is 0 Å². The number of aryl methyl sites for hydroxylation is 2. The van der Waals surface area contributed by atoms with Crippen molar-refractivity contribution < 1.29 is 0 Å². The number of nitrogens with two attached hydrogens (primary N) is 1. The molecule has 0 spiro atoms. The molecule has 0 aliphatic rings. The summed E-state index contributed by atoms with van der Waals surface area (Å²) in [7, 11) is 0. The van der Waals surface area contributed by atoms with Gasteiger partial charge in [-0.25, -0.2) is 0 Å². The van der Waals surface area contributed by atoms with Crippen LogP contribution >= 0.6 is 0 Å². The minimum absolute atomic E-state index is 0.956. The number of hydrogen-bond acceptors (Lipinski definition) is 1. The second-order valence-corrected chi connectivity index (χ2v) is 3.38. The predicted molar refractivity (Wildman–Crippen MR) is 54.4 cm³/mol. The van der Waals surface area contributed by atoms with Gasteiger partial charge in [0, 0.05) is 5.69 Å². The highest BCUT2D eigenvalue weighted by Crippen LogP contribution is 2.24. The summed E-state index contributed by atoms with van der Waals surface area (Å²) >= 11 is 0. The number of hydrogen-bond donors (Lipinski definition) is 1. The highest BCUT2D eigenvalue weighted by atomic mass is 14.6. The summed E-state index contributed by atoms with van der Waals surface area (Å²) in [6.07, 6.45) is 1.07. The van der Waals surface area contributed by atoms with Crippen LogP contribution in [0.5, 0.6) is 0 Å². The molecule has 0 bridgehead atoms. The molecule has 0 saturated carbocycles. The minimum Gasteiger partial charge on any atom is -0.398 e. The second kappa shape index (κ2) is 3.18. The zero-order chi connectivity index (χ0) is 9.30. The Morgan fingerprint density at radius 3 is 2.25 bits per heavy atom. The van der Waals surface area contributed by atoms with Crippen molar-refractivity contribution in [3.63, 3.8) is 0 Å². The van der Waals surface area contributed by atoms with Gasteiger partial charge >= 0.3 is 0 Å². The molecule has 1 aromatic carbocycles. The maximum absolute atomic E-state index is 5.93. The average Bonchev–Trinajstić information content (AvgIpc) is 2.01. The smallest absolute Gasteiger partial charge is 0.0376 e. The molecule has 1 aromatic rings. The van der Waals surface area contributed by atoms with Crippen LogP contribution in [0.15, 0.2) is 6.07 Å². The number of anilines is 1. The molecule has 0 radical (unpaired) electrons. The van der Waals surface area contributed by atoms with E-state index in [1.165, 1.54) is 22.3 Å². The summed E-state index contributed by atoms with van der Waals surface area (Å²) in [6, 6.07) is 2.17. The summed E-state index contributed by atoms with van der Waals surface area (Å²) in [6.45, 7) is 8.49. The van der Waals surface area contributed by atoms with Gasteiger partial charge in [-0.3, -0.25) is 0 Å². The van der Waals surface area contributed by atoms with E-state index in [1.54, 1.807) is 0 Å². The Balaban J connectivity index is 3.40. The van der Waals surface area contributed by atoms with Crippen molar-refractivity contribution in [1.82, 2.24) is 0 Å². The van der Waals surface area contributed by atoms with Crippen molar-refractivity contribution in [2.24, 2.45) is 0 Å². The van der Waals surface area contributed by atoms with E-state index in [-0.39, 0.29) is 0 Å². The van der Waals surface area contributed by atoms with E-state index in [1.807, 2.05) is 0 Å². The van der Waals surface area contributed by atoms with Crippen LogP contribution in [0.4, 0.5) is 5.69 Å². The molecule has 12 heavy (non-hydrogen) atoms. The molecule has 0 aliphatic heterocycles. The molecular weight excluding hydrogens is 146 g/mol. The Labute approximate surface area is 74.6 Å². The second-order valence-electron chi connectivity index (χ2n) is 3.38. The molecule has 0 amide bonds. The van der Waals surface area contributed by atoms with Crippen LogP contribution in [-0.2, 0) is 6.42 Å². The van der Waals surface area contributed by atoms with Crippen LogP contribution in [0.25, 0.3) is 0 Å². The van der Waals surface area contributed by atoms with Crippen LogP contribution in [-0.4, -0.2) is 0 Å². The van der Waals surface area contributed by atoms with Crippen molar-refractivity contribution in [2.45, 2.75) is 34.1 Å². The SMILES string of the molecule is CCc1c(C)cc(C)c(N)c1C. The molecule has 1 rings (SSSR count). The molecule has 0 saturated heterocycles. The third-order valence-electron chi connectivity index (χ3n) is 2.54. The van der Waals surface area contributed by atoms with Gasteiger partial charge in [0.05, 0.1) is 0 Å². The molecule has 0 heterocycles. The van der Waals surface area contributed by atoms with Gasteiger partial charge in [-0.1, -0.05) is 13.0 Å². The summed E-state index contributed by atoms with van der Waals surface area (Å²) in [5.41, 5.74) is 12.1. The van der Waals surface area contributed by atoms with Crippen molar-refractivity contribution >= 4 is 5.69 Å². The lowest BCUT2D eigenvalue weighted by Crippen LogP contribution is -2.00. The Bertz CT molecular complexity index is 300. The van der Waals surface area contributed by atoms with E-state index in [9.17, 15) is 0 Å². The predicted octanol–water partition coefficient (Wildman–Crippen LogP) is 2.76. The molecule has 1 heteroatoms. The summed E-state index contributed by atoms with van der Waals surface area (Å²) in [5, 5.41) is 0. The van der Waals surface area contributed by atoms with Gasteiger partial charge in [-0.05, 0) is 49.4 Å². The van der Waals surface area contributed by atoms with E-state index in [4.69, 9.17) is 5.73 Å². The zero-order valence-corrected chi connectivity index (χ0v) is 8.36. The fourth-order valence-electron chi connectivity index (χ4n) is 1.79. The van der Waals surface area contributed by atoms with Crippen molar-refractivity contribution in [3.8, 4) is 0 Å². The van der Waals surface area contributed by atoms with Crippen molar-refractivity contribution in [3.05, 3.63) is 28.3 Å². The molecular formula is C11H17N. The van der Waals surface area contributed by atoms with Gasteiger partial charge in [0.2, 0.25) is 0 Å². The third-order valence-corrected chi connectivity index (χ3v) is 2.54. The molecule has 0 fully saturated rings. The standard InChI is InChI=1S/C11H17N/c1-5-10-7(2)6-8(3)11(12)9(10)4/h6H,5,12H2,1-4H3. The molecule has 66 valence electrons. The maximum atomic E-state index is 5.93. The highest BCUT2D eigenvalue weighted by Gasteiger charge is 2.05. The molecule has 0 aromatic heterocycles. The first-order valence-corrected chi connectivity index (χ1v) is 4.43. The number of nitrogen functional groups attached to an aromatic ring is 1. The third kappa shape index (κ3) is 1.31. The molecule has 0 unspecified atom stereocenters. The van der Waals surface area contributed by atoms with E-state index in [0.717, 1.165) is 12.1 Å². The van der Waals surface area contributed by atoms with E-state index >= 15 is 0 Å². The molecule has 1 nitrogen and oxygen atoms in total. The monoisotopic (exact) mass is 163 g/mol. The van der Waals surface area contributed by atoms with Gasteiger partial charge in [-0.2, -0.15) is 0 Å². The van der Waals surface area contributed by atoms with E-state index < -0.39 is 0 Å². The van der Waals surface area contributed by atoms with Gasteiger partial charge in [0.25, 0.3) is 0 Å². The van der Waals surface area contributed by atoms with Gasteiger partial charge in [-0.15, -0.1) is 0 Å². The topological polar surface area (TPSA) is 26.0 Å². The fourth-order valence-corrected chi connectivity index (χ4v) is 1.79. The molecule has 0 atom stereocenters. The Kier molecular flexibility index (Phi) is 2.41. The van der Waals surface area contributed by atoms with Crippen LogP contribution in [0.3, 0.4) is 0 Å². The maximum Gasteiger partial charge on any atom is 0.0376 e. The first-order valence-electron chi connectivity index (χ1n) is 4.43. The first kappa shape index (κ1) is 9.11. The Morgan fingerprint density at radius 1 is 1.17 bits per heavy atom. The van der Waals surface area contributed by atoms with Crippen molar-refractivity contribution in [2.75, 3.05) is 5.73 Å². The van der Waals surface area contributed by atoms with Crippen LogP contribution in [0.1, 0.15) is 29.2 Å². The van der Waals surface area contributed by atoms with Gasteiger partial charge in [0.1, 0.15) is 0 Å². The number of benzene rings is 1. The largest absolute Gasteiger partial charge is 0.398 e. The van der Waals surface area contributed by atoms with Gasteiger partial charge < -0.3 is 5.73 Å². The lowest BCUT2D eigenvalue weighted by molar-refractivity contribution is 1.08. The van der Waals surface area contributed by atoms with Crippen LogP contribution in [0, 0.1) is 20.8 Å². The van der Waals surface area contributed by atoms with Crippen molar-refractivity contribution in [1.29, 1.82) is 0 Å². The number of rotatable bonds is 1. The normalized spacial score (nSPS) is 10.3. The lowest BCUT2D eigenvalue weighted by atomic mass is 9.96. The molecule has 2 N–H and O–H groups in total. The zero-order valence-electron chi connectivity index (χ0n) is 8.36. The average molecular weight is 163 g/mol. The summed E-state index contributed by atoms with van der Waals surface area (Å²) in [5.74, 6) is 0. The first-order chi connectivity index (χ1) is 5.57.